The maximum Gasteiger partial charge on any atom is 0.191 e. The second-order valence-corrected chi connectivity index (χ2v) is 8.23. The van der Waals surface area contributed by atoms with Crippen LogP contribution in [-0.4, -0.2) is 30.6 Å². The number of aryl methyl sites for hydroxylation is 2. The standard InChI is InChI=1S/C16H23ClN4S2/c1-4-18-16(19-9-7-13-5-6-14(17)23-13)20-10-8-15-21-11(2)12(3)22-15/h5-6H,4,7-10H2,1-3H3,(H2,18,19,20). The summed E-state index contributed by atoms with van der Waals surface area (Å²) in [5, 5.41) is 7.80. The summed E-state index contributed by atoms with van der Waals surface area (Å²) < 4.78 is 0.842. The van der Waals surface area contributed by atoms with E-state index in [1.807, 2.05) is 6.07 Å². The second kappa shape index (κ2) is 9.25. The van der Waals surface area contributed by atoms with Gasteiger partial charge in [0.05, 0.1) is 15.0 Å². The minimum absolute atomic E-state index is 0.743. The van der Waals surface area contributed by atoms with Crippen molar-refractivity contribution in [1.29, 1.82) is 0 Å². The Hall–Kier alpha value is -1.11. The molecule has 2 rings (SSSR count). The summed E-state index contributed by atoms with van der Waals surface area (Å²) in [5.41, 5.74) is 1.13. The van der Waals surface area contributed by atoms with E-state index in [4.69, 9.17) is 11.6 Å². The van der Waals surface area contributed by atoms with Gasteiger partial charge in [-0.2, -0.15) is 0 Å². The van der Waals surface area contributed by atoms with Gasteiger partial charge in [-0.15, -0.1) is 22.7 Å². The molecule has 4 nitrogen and oxygen atoms in total. The Bertz CT molecular complexity index is 629. The molecule has 0 aliphatic rings. The molecule has 126 valence electrons. The summed E-state index contributed by atoms with van der Waals surface area (Å²) in [6, 6.07) is 4.02. The van der Waals surface area contributed by atoms with Crippen LogP contribution in [0.2, 0.25) is 4.34 Å². The SMILES string of the molecule is CCNC(=NCCc1nc(C)c(C)s1)NCCc1ccc(Cl)s1. The van der Waals surface area contributed by atoms with Gasteiger partial charge in [0, 0.05) is 35.8 Å². The molecule has 0 aliphatic heterocycles. The first-order valence-corrected chi connectivity index (χ1v) is 9.79. The van der Waals surface area contributed by atoms with Gasteiger partial charge in [0.15, 0.2) is 5.96 Å². The fourth-order valence-corrected chi connectivity index (χ4v) is 4.05. The van der Waals surface area contributed by atoms with Crippen LogP contribution in [0.4, 0.5) is 0 Å². The van der Waals surface area contributed by atoms with Crippen LogP contribution in [0.25, 0.3) is 0 Å². The van der Waals surface area contributed by atoms with Crippen molar-refractivity contribution in [3.8, 4) is 0 Å². The van der Waals surface area contributed by atoms with Gasteiger partial charge in [-0.25, -0.2) is 4.98 Å². The number of halogens is 1. The normalized spacial score (nSPS) is 11.7. The largest absolute Gasteiger partial charge is 0.357 e. The lowest BCUT2D eigenvalue weighted by molar-refractivity contribution is 0.800. The van der Waals surface area contributed by atoms with Gasteiger partial charge in [-0.1, -0.05) is 11.6 Å². The summed E-state index contributed by atoms with van der Waals surface area (Å²) in [4.78, 5) is 11.8. The summed E-state index contributed by atoms with van der Waals surface area (Å²) in [6.07, 6.45) is 1.84. The molecule has 0 bridgehead atoms. The Morgan fingerprint density at radius 1 is 1.22 bits per heavy atom. The van der Waals surface area contributed by atoms with Crippen LogP contribution in [0.1, 0.15) is 27.4 Å². The van der Waals surface area contributed by atoms with Crippen molar-refractivity contribution in [3.05, 3.63) is 36.9 Å². The maximum absolute atomic E-state index is 5.95. The Morgan fingerprint density at radius 3 is 2.65 bits per heavy atom. The molecule has 0 saturated carbocycles. The van der Waals surface area contributed by atoms with Crippen molar-refractivity contribution in [2.45, 2.75) is 33.6 Å². The van der Waals surface area contributed by atoms with E-state index in [9.17, 15) is 0 Å². The van der Waals surface area contributed by atoms with E-state index in [0.717, 1.165) is 53.5 Å². The third-order valence-corrected chi connectivity index (χ3v) is 5.73. The molecule has 23 heavy (non-hydrogen) atoms. The fourth-order valence-electron chi connectivity index (χ4n) is 2.04. The summed E-state index contributed by atoms with van der Waals surface area (Å²) in [7, 11) is 0. The lowest BCUT2D eigenvalue weighted by Crippen LogP contribution is -2.38. The van der Waals surface area contributed by atoms with Crippen molar-refractivity contribution in [2.24, 2.45) is 4.99 Å². The maximum atomic E-state index is 5.95. The van der Waals surface area contributed by atoms with Crippen molar-refractivity contribution in [3.63, 3.8) is 0 Å². The minimum atomic E-state index is 0.743. The number of thiophene rings is 1. The summed E-state index contributed by atoms with van der Waals surface area (Å²) >= 11 is 9.34. The van der Waals surface area contributed by atoms with Crippen molar-refractivity contribution < 1.29 is 0 Å². The molecule has 0 aliphatic carbocycles. The molecule has 0 aromatic carbocycles. The summed E-state index contributed by atoms with van der Waals surface area (Å²) in [5.74, 6) is 0.861. The van der Waals surface area contributed by atoms with Crippen LogP contribution in [-0.2, 0) is 12.8 Å². The van der Waals surface area contributed by atoms with E-state index < -0.39 is 0 Å². The zero-order valence-electron chi connectivity index (χ0n) is 13.8. The van der Waals surface area contributed by atoms with E-state index in [-0.39, 0.29) is 0 Å². The van der Waals surface area contributed by atoms with Gasteiger partial charge in [0.25, 0.3) is 0 Å². The number of nitrogens with zero attached hydrogens (tertiary/aromatic N) is 2. The highest BCUT2D eigenvalue weighted by atomic mass is 35.5. The molecular weight excluding hydrogens is 348 g/mol. The molecule has 0 radical (unpaired) electrons. The topological polar surface area (TPSA) is 49.3 Å². The van der Waals surface area contributed by atoms with Crippen molar-refractivity contribution in [2.75, 3.05) is 19.6 Å². The second-order valence-electron chi connectivity index (χ2n) is 5.14. The van der Waals surface area contributed by atoms with Crippen LogP contribution in [0.15, 0.2) is 17.1 Å². The molecule has 0 amide bonds. The fraction of sp³-hybridized carbons (Fsp3) is 0.500. The monoisotopic (exact) mass is 370 g/mol. The Labute approximate surface area is 151 Å². The number of aromatic nitrogens is 1. The lowest BCUT2D eigenvalue weighted by Gasteiger charge is -2.10. The predicted molar refractivity (Wildman–Crippen MR) is 102 cm³/mol. The number of hydrogen-bond donors (Lipinski definition) is 2. The first kappa shape index (κ1) is 18.2. The molecule has 0 fully saturated rings. The number of rotatable bonds is 7. The van der Waals surface area contributed by atoms with Crippen molar-refractivity contribution in [1.82, 2.24) is 15.6 Å². The van der Waals surface area contributed by atoms with E-state index in [0.29, 0.717) is 0 Å². The van der Waals surface area contributed by atoms with Crippen LogP contribution < -0.4 is 10.6 Å². The Morgan fingerprint density at radius 2 is 2.04 bits per heavy atom. The first-order valence-electron chi connectivity index (χ1n) is 7.77. The van der Waals surface area contributed by atoms with Crippen molar-refractivity contribution >= 4 is 40.2 Å². The molecular formula is C16H23ClN4S2. The first-order chi connectivity index (χ1) is 11.1. The molecule has 2 aromatic heterocycles. The predicted octanol–water partition coefficient (Wildman–Crippen LogP) is 3.82. The van der Waals surface area contributed by atoms with Crippen LogP contribution in [0, 0.1) is 13.8 Å². The zero-order chi connectivity index (χ0) is 16.7. The highest BCUT2D eigenvalue weighted by Gasteiger charge is 2.04. The number of nitrogens with one attached hydrogen (secondary N) is 2. The molecule has 7 heteroatoms. The average molecular weight is 371 g/mol. The molecule has 0 unspecified atom stereocenters. The highest BCUT2D eigenvalue weighted by molar-refractivity contribution is 7.16. The van der Waals surface area contributed by atoms with Gasteiger partial charge < -0.3 is 10.6 Å². The van der Waals surface area contributed by atoms with Gasteiger partial charge >= 0.3 is 0 Å². The van der Waals surface area contributed by atoms with Gasteiger partial charge in [-0.05, 0) is 39.3 Å². The Balaban J connectivity index is 1.79. The quantitative estimate of drug-likeness (QED) is 0.575. The molecule has 0 atom stereocenters. The van der Waals surface area contributed by atoms with E-state index in [1.165, 1.54) is 9.75 Å². The van der Waals surface area contributed by atoms with Gasteiger partial charge in [0.1, 0.15) is 0 Å². The molecule has 2 aromatic rings. The van der Waals surface area contributed by atoms with Gasteiger partial charge in [0.2, 0.25) is 0 Å². The van der Waals surface area contributed by atoms with Gasteiger partial charge in [-0.3, -0.25) is 4.99 Å². The molecule has 2 N–H and O–H groups in total. The van der Waals surface area contributed by atoms with E-state index in [1.54, 1.807) is 22.7 Å². The number of thiazole rings is 1. The number of guanidine groups is 1. The minimum Gasteiger partial charge on any atom is -0.357 e. The van der Waals surface area contributed by atoms with E-state index >= 15 is 0 Å². The Kier molecular flexibility index (Phi) is 7.33. The zero-order valence-corrected chi connectivity index (χ0v) is 16.2. The van der Waals surface area contributed by atoms with Crippen LogP contribution >= 0.6 is 34.3 Å². The number of aliphatic imine (C=N–C) groups is 1. The molecule has 2 heterocycles. The molecule has 0 saturated heterocycles. The lowest BCUT2D eigenvalue weighted by atomic mass is 10.3. The smallest absolute Gasteiger partial charge is 0.191 e. The average Bonchev–Trinajstić information content (AvgIpc) is 3.05. The third kappa shape index (κ3) is 6.12. The van der Waals surface area contributed by atoms with Crippen LogP contribution in [0.3, 0.4) is 0 Å². The highest BCUT2D eigenvalue weighted by Crippen LogP contribution is 2.21. The summed E-state index contributed by atoms with van der Waals surface area (Å²) in [6.45, 7) is 8.68. The van der Waals surface area contributed by atoms with Crippen LogP contribution in [0.5, 0.6) is 0 Å². The number of hydrogen-bond acceptors (Lipinski definition) is 4. The third-order valence-electron chi connectivity index (χ3n) is 3.31. The van der Waals surface area contributed by atoms with E-state index in [2.05, 4.69) is 47.4 Å². The molecule has 0 spiro atoms.